The summed E-state index contributed by atoms with van der Waals surface area (Å²) < 4.78 is 2.31. The van der Waals surface area contributed by atoms with Crippen LogP contribution in [-0.2, 0) is 6.54 Å². The summed E-state index contributed by atoms with van der Waals surface area (Å²) in [7, 11) is 0. The van der Waals surface area contributed by atoms with Crippen LogP contribution in [0.25, 0.3) is 0 Å². The predicted molar refractivity (Wildman–Crippen MR) is 66.6 cm³/mol. The van der Waals surface area contributed by atoms with Gasteiger partial charge in [0.15, 0.2) is 0 Å². The highest BCUT2D eigenvalue weighted by Crippen LogP contribution is 2.13. The topological polar surface area (TPSA) is 21.1 Å². The summed E-state index contributed by atoms with van der Waals surface area (Å²) in [5.41, 5.74) is 0. The zero-order valence-electron chi connectivity index (χ0n) is 10.5. The molecule has 1 aromatic rings. The van der Waals surface area contributed by atoms with Gasteiger partial charge in [0.25, 0.3) is 0 Å². The molecular formula is C13H23N3. The lowest BCUT2D eigenvalue weighted by molar-refractivity contribution is 0.324. The van der Waals surface area contributed by atoms with Crippen LogP contribution in [0.15, 0.2) is 12.4 Å². The molecule has 1 fully saturated rings. The Morgan fingerprint density at radius 2 is 2.00 bits per heavy atom. The van der Waals surface area contributed by atoms with Gasteiger partial charge in [0.1, 0.15) is 5.82 Å². The largest absolute Gasteiger partial charge is 0.335 e. The van der Waals surface area contributed by atoms with E-state index in [1.807, 2.05) is 6.20 Å². The summed E-state index contributed by atoms with van der Waals surface area (Å²) in [6.07, 6.45) is 8.06. The van der Waals surface area contributed by atoms with Gasteiger partial charge in [-0.3, -0.25) is 0 Å². The maximum absolute atomic E-state index is 4.42. The van der Waals surface area contributed by atoms with Gasteiger partial charge < -0.3 is 9.47 Å². The molecule has 0 aromatic carbocycles. The van der Waals surface area contributed by atoms with Crippen LogP contribution < -0.4 is 0 Å². The Balaban J connectivity index is 1.78. The molecule has 0 spiro atoms. The van der Waals surface area contributed by atoms with Crippen molar-refractivity contribution in [3.8, 4) is 0 Å². The molecule has 1 aromatic heterocycles. The van der Waals surface area contributed by atoms with Crippen LogP contribution >= 0.6 is 0 Å². The molecule has 1 saturated heterocycles. The van der Waals surface area contributed by atoms with E-state index in [4.69, 9.17) is 0 Å². The van der Waals surface area contributed by atoms with E-state index in [9.17, 15) is 0 Å². The van der Waals surface area contributed by atoms with Crippen LogP contribution in [0.3, 0.4) is 0 Å². The van der Waals surface area contributed by atoms with Gasteiger partial charge in [0, 0.05) is 24.9 Å². The normalized spacial score (nSPS) is 17.4. The number of rotatable bonds is 5. The molecule has 1 aliphatic heterocycles. The SMILES string of the molecule is CC(C)c1nccn1CCCN1CCCC1. The molecule has 0 unspecified atom stereocenters. The van der Waals surface area contributed by atoms with Gasteiger partial charge in [-0.15, -0.1) is 0 Å². The average molecular weight is 221 g/mol. The zero-order chi connectivity index (χ0) is 11.4. The summed E-state index contributed by atoms with van der Waals surface area (Å²) in [6.45, 7) is 9.39. The molecule has 3 nitrogen and oxygen atoms in total. The van der Waals surface area contributed by atoms with Crippen molar-refractivity contribution in [1.29, 1.82) is 0 Å². The van der Waals surface area contributed by atoms with Crippen LogP contribution in [-0.4, -0.2) is 34.1 Å². The summed E-state index contributed by atoms with van der Waals surface area (Å²) in [6, 6.07) is 0. The lowest BCUT2D eigenvalue weighted by atomic mass is 10.2. The average Bonchev–Trinajstić information content (AvgIpc) is 2.87. The minimum atomic E-state index is 0.529. The third-order valence-electron chi connectivity index (χ3n) is 3.34. The second kappa shape index (κ2) is 5.48. The van der Waals surface area contributed by atoms with Crippen LogP contribution in [0.4, 0.5) is 0 Å². The number of nitrogens with zero attached hydrogens (tertiary/aromatic N) is 3. The minimum absolute atomic E-state index is 0.529. The fraction of sp³-hybridized carbons (Fsp3) is 0.769. The van der Waals surface area contributed by atoms with E-state index < -0.39 is 0 Å². The molecule has 3 heteroatoms. The first kappa shape index (κ1) is 11.6. The van der Waals surface area contributed by atoms with Crippen LogP contribution in [0.1, 0.15) is 44.9 Å². The van der Waals surface area contributed by atoms with Gasteiger partial charge in [0.05, 0.1) is 0 Å². The van der Waals surface area contributed by atoms with Crippen molar-refractivity contribution in [3.05, 3.63) is 18.2 Å². The van der Waals surface area contributed by atoms with E-state index in [0.29, 0.717) is 5.92 Å². The quantitative estimate of drug-likeness (QED) is 0.761. The van der Waals surface area contributed by atoms with E-state index in [1.165, 1.54) is 44.7 Å². The fourth-order valence-electron chi connectivity index (χ4n) is 2.48. The molecular weight excluding hydrogens is 198 g/mol. The van der Waals surface area contributed by atoms with Crippen molar-refractivity contribution in [3.63, 3.8) is 0 Å². The zero-order valence-corrected chi connectivity index (χ0v) is 10.5. The number of hydrogen-bond donors (Lipinski definition) is 0. The van der Waals surface area contributed by atoms with Crippen molar-refractivity contribution < 1.29 is 0 Å². The first-order valence-corrected chi connectivity index (χ1v) is 6.51. The number of aromatic nitrogens is 2. The van der Waals surface area contributed by atoms with Crippen molar-refractivity contribution in [2.24, 2.45) is 0 Å². The van der Waals surface area contributed by atoms with Crippen molar-refractivity contribution >= 4 is 0 Å². The monoisotopic (exact) mass is 221 g/mol. The van der Waals surface area contributed by atoms with Crippen molar-refractivity contribution in [2.75, 3.05) is 19.6 Å². The Morgan fingerprint density at radius 1 is 1.25 bits per heavy atom. The number of imidazole rings is 1. The van der Waals surface area contributed by atoms with Gasteiger partial charge in [-0.05, 0) is 38.9 Å². The van der Waals surface area contributed by atoms with Crippen LogP contribution in [0, 0.1) is 0 Å². The molecule has 0 saturated carbocycles. The third kappa shape index (κ3) is 2.85. The maximum Gasteiger partial charge on any atom is 0.111 e. The molecule has 2 rings (SSSR count). The molecule has 16 heavy (non-hydrogen) atoms. The molecule has 90 valence electrons. The highest BCUT2D eigenvalue weighted by molar-refractivity contribution is 4.97. The van der Waals surface area contributed by atoms with E-state index in [2.05, 4.69) is 34.5 Å². The van der Waals surface area contributed by atoms with Gasteiger partial charge in [-0.2, -0.15) is 0 Å². The highest BCUT2D eigenvalue weighted by atomic mass is 15.1. The summed E-state index contributed by atoms with van der Waals surface area (Å²) in [5, 5.41) is 0. The molecule has 0 aliphatic carbocycles. The number of aryl methyl sites for hydroxylation is 1. The molecule has 0 atom stereocenters. The van der Waals surface area contributed by atoms with Crippen LogP contribution in [0.2, 0.25) is 0 Å². The Labute approximate surface area is 98.5 Å². The molecule has 0 amide bonds. The second-order valence-corrected chi connectivity index (χ2v) is 5.04. The Morgan fingerprint density at radius 3 is 2.69 bits per heavy atom. The Kier molecular flexibility index (Phi) is 3.99. The first-order valence-electron chi connectivity index (χ1n) is 6.51. The van der Waals surface area contributed by atoms with E-state index in [0.717, 1.165) is 6.54 Å². The van der Waals surface area contributed by atoms with E-state index in [1.54, 1.807) is 0 Å². The molecule has 0 radical (unpaired) electrons. The standard InChI is InChI=1S/C13H23N3/c1-12(2)13-14-6-11-16(13)10-5-9-15-7-3-4-8-15/h6,11-12H,3-5,7-10H2,1-2H3. The predicted octanol–water partition coefficient (Wildman–Crippen LogP) is 2.49. The van der Waals surface area contributed by atoms with Gasteiger partial charge in [-0.1, -0.05) is 13.8 Å². The van der Waals surface area contributed by atoms with Crippen molar-refractivity contribution in [2.45, 2.75) is 45.6 Å². The van der Waals surface area contributed by atoms with Gasteiger partial charge >= 0.3 is 0 Å². The van der Waals surface area contributed by atoms with E-state index >= 15 is 0 Å². The third-order valence-corrected chi connectivity index (χ3v) is 3.34. The van der Waals surface area contributed by atoms with Crippen LogP contribution in [0.5, 0.6) is 0 Å². The van der Waals surface area contributed by atoms with Crippen molar-refractivity contribution in [1.82, 2.24) is 14.5 Å². The van der Waals surface area contributed by atoms with Gasteiger partial charge in [-0.25, -0.2) is 4.98 Å². The Bertz CT molecular complexity index is 311. The molecule has 1 aliphatic rings. The summed E-state index contributed by atoms with van der Waals surface area (Å²) in [4.78, 5) is 6.99. The lowest BCUT2D eigenvalue weighted by Gasteiger charge is -2.15. The molecule has 0 N–H and O–H groups in total. The summed E-state index contributed by atoms with van der Waals surface area (Å²) >= 11 is 0. The summed E-state index contributed by atoms with van der Waals surface area (Å²) in [5.74, 6) is 1.75. The second-order valence-electron chi connectivity index (χ2n) is 5.04. The highest BCUT2D eigenvalue weighted by Gasteiger charge is 2.11. The number of likely N-dealkylation sites (tertiary alicyclic amines) is 1. The molecule has 2 heterocycles. The van der Waals surface area contributed by atoms with E-state index in [-0.39, 0.29) is 0 Å². The minimum Gasteiger partial charge on any atom is -0.335 e. The molecule has 0 bridgehead atoms. The lowest BCUT2D eigenvalue weighted by Crippen LogP contribution is -2.21. The van der Waals surface area contributed by atoms with Gasteiger partial charge in [0.2, 0.25) is 0 Å². The Hall–Kier alpha value is -0.830. The maximum atomic E-state index is 4.42. The fourth-order valence-corrected chi connectivity index (χ4v) is 2.48. The first-order chi connectivity index (χ1) is 7.77. The number of hydrogen-bond acceptors (Lipinski definition) is 2. The smallest absolute Gasteiger partial charge is 0.111 e.